The van der Waals surface area contributed by atoms with Crippen molar-refractivity contribution in [3.05, 3.63) is 95.6 Å². The summed E-state index contributed by atoms with van der Waals surface area (Å²) < 4.78 is 36.6. The number of benzene rings is 3. The van der Waals surface area contributed by atoms with Crippen molar-refractivity contribution in [3.8, 4) is 11.5 Å². The van der Waals surface area contributed by atoms with Gasteiger partial charge in [0.1, 0.15) is 17.1 Å². The van der Waals surface area contributed by atoms with E-state index in [0.29, 0.717) is 32.8 Å². The highest BCUT2D eigenvalue weighted by molar-refractivity contribution is 6.74. The molecule has 43 heavy (non-hydrogen) atoms. The van der Waals surface area contributed by atoms with Crippen molar-refractivity contribution in [2.75, 3.05) is 34.0 Å². The zero-order valence-electron chi connectivity index (χ0n) is 26.9. The van der Waals surface area contributed by atoms with Gasteiger partial charge in [0.05, 0.1) is 53.4 Å². The Morgan fingerprint density at radius 2 is 1.26 bits per heavy atom. The lowest BCUT2D eigenvalue weighted by Gasteiger charge is -2.40. The molecule has 3 rings (SSSR count). The molecule has 0 saturated heterocycles. The molecule has 1 N–H and O–H groups in total. The van der Waals surface area contributed by atoms with Gasteiger partial charge < -0.3 is 33.2 Å². The molecule has 0 radical (unpaired) electrons. The Labute approximate surface area is 259 Å². The summed E-state index contributed by atoms with van der Waals surface area (Å²) in [5.74, 6) is 1.57. The highest BCUT2D eigenvalue weighted by Gasteiger charge is 2.43. The quantitative estimate of drug-likeness (QED) is 0.153. The van der Waals surface area contributed by atoms with Gasteiger partial charge in [-0.1, -0.05) is 75.4 Å². The first-order chi connectivity index (χ1) is 20.5. The average molecular weight is 611 g/mol. The van der Waals surface area contributed by atoms with E-state index < -0.39 is 20.0 Å². The van der Waals surface area contributed by atoms with Crippen LogP contribution in [0.1, 0.15) is 43.9 Å². The van der Waals surface area contributed by atoms with Gasteiger partial charge in [0.15, 0.2) is 8.32 Å². The fourth-order valence-electron chi connectivity index (χ4n) is 4.34. The van der Waals surface area contributed by atoms with Gasteiger partial charge in [-0.2, -0.15) is 0 Å². The number of ether oxygens (including phenoxy) is 5. The Kier molecular flexibility index (Phi) is 13.2. The van der Waals surface area contributed by atoms with Crippen molar-refractivity contribution in [3.63, 3.8) is 0 Å². The van der Waals surface area contributed by atoms with Crippen molar-refractivity contribution in [2.24, 2.45) is 0 Å². The monoisotopic (exact) mass is 610 g/mol. The summed E-state index contributed by atoms with van der Waals surface area (Å²) >= 11 is 0. The van der Waals surface area contributed by atoms with Crippen molar-refractivity contribution in [2.45, 2.75) is 76.8 Å². The molecule has 0 spiro atoms. The Morgan fingerprint density at radius 1 is 0.721 bits per heavy atom. The first kappa shape index (κ1) is 34.8. The maximum Gasteiger partial charge on any atom is 0.191 e. The van der Waals surface area contributed by atoms with Gasteiger partial charge in [-0.05, 0) is 65.5 Å². The van der Waals surface area contributed by atoms with Crippen LogP contribution in [0.25, 0.3) is 0 Å². The van der Waals surface area contributed by atoms with Gasteiger partial charge in [0.25, 0.3) is 0 Å². The second kappa shape index (κ2) is 16.4. The molecule has 3 aromatic carbocycles. The van der Waals surface area contributed by atoms with Crippen LogP contribution in [-0.2, 0) is 38.5 Å². The molecule has 0 heterocycles. The molecular weight excluding hydrogens is 560 g/mol. The minimum Gasteiger partial charge on any atom is -0.497 e. The standard InChI is InChI=1S/C35H50O7Si/c1-34(2,3)43(6,7)42-22-21-33(40-24-30-15-19-32(38-5)20-16-30)35(26-36,41-25-28-11-9-8-10-12-28)27-39-23-29-13-17-31(37-4)18-14-29/h8-20,33,36H,21-27H2,1-7H3/t33-,35+/m1/s1. The van der Waals surface area contributed by atoms with Crippen LogP contribution in [0.5, 0.6) is 11.5 Å². The van der Waals surface area contributed by atoms with Crippen molar-refractivity contribution >= 4 is 8.32 Å². The predicted molar refractivity (Wildman–Crippen MR) is 173 cm³/mol. The van der Waals surface area contributed by atoms with Crippen LogP contribution in [0, 0.1) is 0 Å². The van der Waals surface area contributed by atoms with Crippen LogP contribution in [0.3, 0.4) is 0 Å². The van der Waals surface area contributed by atoms with Crippen LogP contribution in [0.2, 0.25) is 18.1 Å². The smallest absolute Gasteiger partial charge is 0.191 e. The summed E-state index contributed by atoms with van der Waals surface area (Å²) in [6.45, 7) is 12.5. The van der Waals surface area contributed by atoms with Crippen molar-refractivity contribution < 1.29 is 33.2 Å². The van der Waals surface area contributed by atoms with E-state index in [9.17, 15) is 5.11 Å². The lowest BCUT2D eigenvalue weighted by Crippen LogP contribution is -2.54. The molecule has 7 nitrogen and oxygen atoms in total. The summed E-state index contributed by atoms with van der Waals surface area (Å²) in [4.78, 5) is 0. The van der Waals surface area contributed by atoms with Crippen LogP contribution in [0.15, 0.2) is 78.9 Å². The van der Waals surface area contributed by atoms with Crippen molar-refractivity contribution in [1.29, 1.82) is 0 Å². The molecule has 3 aromatic rings. The topological polar surface area (TPSA) is 75.6 Å². The van der Waals surface area contributed by atoms with E-state index in [0.717, 1.165) is 28.2 Å². The third-order valence-electron chi connectivity index (χ3n) is 8.26. The lowest BCUT2D eigenvalue weighted by atomic mass is 9.95. The van der Waals surface area contributed by atoms with E-state index >= 15 is 0 Å². The fraction of sp³-hybridized carbons (Fsp3) is 0.486. The second-order valence-corrected chi connectivity index (χ2v) is 17.2. The first-order valence-corrected chi connectivity index (χ1v) is 17.8. The van der Waals surface area contributed by atoms with Crippen LogP contribution >= 0.6 is 0 Å². The van der Waals surface area contributed by atoms with Gasteiger partial charge >= 0.3 is 0 Å². The lowest BCUT2D eigenvalue weighted by molar-refractivity contribution is -0.207. The van der Waals surface area contributed by atoms with Gasteiger partial charge in [0.2, 0.25) is 0 Å². The Hall–Kier alpha value is -2.72. The Bertz CT molecular complexity index is 1190. The maximum atomic E-state index is 11.0. The molecule has 0 aliphatic heterocycles. The molecular formula is C35H50O7Si. The van der Waals surface area contributed by atoms with Gasteiger partial charge in [0, 0.05) is 6.61 Å². The summed E-state index contributed by atoms with van der Waals surface area (Å²) in [6, 6.07) is 25.5. The molecule has 2 atom stereocenters. The van der Waals surface area contributed by atoms with E-state index in [-0.39, 0.29) is 18.3 Å². The average Bonchev–Trinajstić information content (AvgIpc) is 3.01. The molecule has 0 unspecified atom stereocenters. The third-order valence-corrected chi connectivity index (χ3v) is 12.8. The molecule has 0 bridgehead atoms. The molecule has 0 fully saturated rings. The zero-order chi connectivity index (χ0) is 31.3. The van der Waals surface area contributed by atoms with Crippen LogP contribution < -0.4 is 9.47 Å². The number of hydrogen-bond acceptors (Lipinski definition) is 7. The van der Waals surface area contributed by atoms with E-state index in [4.69, 9.17) is 28.1 Å². The minimum absolute atomic E-state index is 0.0752. The van der Waals surface area contributed by atoms with Gasteiger partial charge in [-0.3, -0.25) is 0 Å². The molecule has 0 amide bonds. The fourth-order valence-corrected chi connectivity index (χ4v) is 5.40. The van der Waals surface area contributed by atoms with Crippen LogP contribution in [-0.4, -0.2) is 59.2 Å². The number of aliphatic hydroxyl groups excluding tert-OH is 1. The third kappa shape index (κ3) is 10.4. The molecule has 236 valence electrons. The molecule has 0 aliphatic carbocycles. The molecule has 0 aromatic heterocycles. The molecule has 8 heteroatoms. The van der Waals surface area contributed by atoms with E-state index in [1.165, 1.54) is 0 Å². The maximum absolute atomic E-state index is 11.0. The van der Waals surface area contributed by atoms with Gasteiger partial charge in [-0.25, -0.2) is 0 Å². The summed E-state index contributed by atoms with van der Waals surface area (Å²) in [5.41, 5.74) is 1.85. The van der Waals surface area contributed by atoms with E-state index in [1.54, 1.807) is 14.2 Å². The number of rotatable bonds is 18. The normalized spacial score (nSPS) is 14.2. The van der Waals surface area contributed by atoms with E-state index in [1.807, 2.05) is 78.9 Å². The zero-order valence-corrected chi connectivity index (χ0v) is 27.9. The minimum atomic E-state index is -2.00. The Balaban J connectivity index is 1.85. The predicted octanol–water partition coefficient (Wildman–Crippen LogP) is 7.17. The second-order valence-electron chi connectivity index (χ2n) is 12.4. The largest absolute Gasteiger partial charge is 0.497 e. The SMILES string of the molecule is COc1ccc(COC[C@](CO)(OCc2ccccc2)[C@@H](CCO[Si](C)(C)C(C)(C)C)OCc2ccc(OC)cc2)cc1. The number of hydrogen-bond donors (Lipinski definition) is 1. The first-order valence-electron chi connectivity index (χ1n) is 14.9. The summed E-state index contributed by atoms with van der Waals surface area (Å²) in [5, 5.41) is 11.1. The van der Waals surface area contributed by atoms with Crippen LogP contribution in [0.4, 0.5) is 0 Å². The summed E-state index contributed by atoms with van der Waals surface area (Å²) in [7, 11) is 1.29. The molecule has 0 saturated carbocycles. The van der Waals surface area contributed by atoms with Gasteiger partial charge in [-0.15, -0.1) is 0 Å². The highest BCUT2D eigenvalue weighted by Crippen LogP contribution is 2.37. The van der Waals surface area contributed by atoms with E-state index in [2.05, 4.69) is 33.9 Å². The molecule has 0 aliphatic rings. The number of methoxy groups -OCH3 is 2. The Morgan fingerprint density at radius 3 is 1.77 bits per heavy atom. The highest BCUT2D eigenvalue weighted by atomic mass is 28.4. The van der Waals surface area contributed by atoms with Crippen molar-refractivity contribution in [1.82, 2.24) is 0 Å². The number of aliphatic hydroxyl groups is 1. The summed E-state index contributed by atoms with van der Waals surface area (Å²) in [6.07, 6.45) is 0.0214.